The summed E-state index contributed by atoms with van der Waals surface area (Å²) in [6.07, 6.45) is 2.14. The van der Waals surface area contributed by atoms with Crippen molar-refractivity contribution >= 4 is 17.8 Å². The number of aromatic nitrogens is 1. The molecule has 180 valence electrons. The van der Waals surface area contributed by atoms with Gasteiger partial charge in [-0.25, -0.2) is 0 Å². The minimum Gasteiger partial charge on any atom is -0.479 e. The summed E-state index contributed by atoms with van der Waals surface area (Å²) < 4.78 is 21.5. The molecule has 5 rings (SSSR count). The van der Waals surface area contributed by atoms with Crippen LogP contribution < -0.4 is 14.2 Å². The van der Waals surface area contributed by atoms with Crippen LogP contribution in [0.4, 0.5) is 0 Å². The Morgan fingerprint density at radius 1 is 1.00 bits per heavy atom. The van der Waals surface area contributed by atoms with Crippen LogP contribution in [0.5, 0.6) is 17.4 Å². The molecule has 0 fully saturated rings. The number of allylic oxidation sites excluding steroid dienone is 1. The van der Waals surface area contributed by atoms with Crippen LogP contribution in [0.3, 0.4) is 0 Å². The first-order valence-electron chi connectivity index (χ1n) is 11.5. The van der Waals surface area contributed by atoms with Gasteiger partial charge in [-0.1, -0.05) is 54.6 Å². The van der Waals surface area contributed by atoms with Crippen molar-refractivity contribution in [2.24, 2.45) is 0 Å². The number of carbonyl (C=O) groups is 2. The van der Waals surface area contributed by atoms with Gasteiger partial charge in [0, 0.05) is 18.1 Å². The average Bonchev–Trinajstić information content (AvgIpc) is 3.50. The van der Waals surface area contributed by atoms with Crippen molar-refractivity contribution in [2.45, 2.75) is 19.8 Å². The molecule has 0 atom stereocenters. The summed E-state index contributed by atoms with van der Waals surface area (Å²) in [5, 5.41) is 3.71. The van der Waals surface area contributed by atoms with E-state index < -0.39 is 5.97 Å². The van der Waals surface area contributed by atoms with Crippen molar-refractivity contribution < 1.29 is 28.3 Å². The molecule has 2 heterocycles. The van der Waals surface area contributed by atoms with Crippen molar-refractivity contribution in [2.75, 3.05) is 7.11 Å². The van der Waals surface area contributed by atoms with Crippen LogP contribution in [0.15, 0.2) is 83.1 Å². The summed E-state index contributed by atoms with van der Waals surface area (Å²) in [7, 11) is 1.49. The molecule has 0 spiro atoms. The molecule has 0 bridgehead atoms. The molecule has 0 saturated heterocycles. The molecule has 1 aliphatic rings. The summed E-state index contributed by atoms with van der Waals surface area (Å²) in [6.45, 7) is 1.76. The highest BCUT2D eigenvalue weighted by atomic mass is 16.5. The maximum Gasteiger partial charge on any atom is 0.311 e. The summed E-state index contributed by atoms with van der Waals surface area (Å²) >= 11 is 0. The van der Waals surface area contributed by atoms with Gasteiger partial charge >= 0.3 is 5.97 Å². The first-order valence-corrected chi connectivity index (χ1v) is 11.5. The van der Waals surface area contributed by atoms with Crippen LogP contribution in [-0.4, -0.2) is 24.0 Å². The fraction of sp³-hybridized carbons (Fsp3) is 0.138. The zero-order chi connectivity index (χ0) is 25.1. The van der Waals surface area contributed by atoms with Crippen LogP contribution in [0.1, 0.15) is 33.7 Å². The molecule has 4 aromatic rings. The molecule has 7 heteroatoms. The van der Waals surface area contributed by atoms with E-state index >= 15 is 0 Å². The van der Waals surface area contributed by atoms with Gasteiger partial charge in [0.1, 0.15) is 17.3 Å². The smallest absolute Gasteiger partial charge is 0.311 e. The second-order valence-corrected chi connectivity index (χ2v) is 8.30. The van der Waals surface area contributed by atoms with Crippen molar-refractivity contribution in [3.05, 3.63) is 101 Å². The number of esters is 1. The Bertz CT molecular complexity index is 1450. The standard InChI is InChI=1S/C29H23NO6/c1-18-24(34-27(31)15-12-22-17-26(33-2)30-36-22)14-13-23-28(32)25(35-29(18)23)16-19-8-10-21(11-9-19)20-6-4-3-5-7-20/h3-11,13-14,16-17H,12,15H2,1-2H3/b25-16-. The van der Waals surface area contributed by atoms with Crippen LogP contribution in [0.25, 0.3) is 17.2 Å². The lowest BCUT2D eigenvalue weighted by Crippen LogP contribution is -2.10. The summed E-state index contributed by atoms with van der Waals surface area (Å²) in [4.78, 5) is 25.3. The summed E-state index contributed by atoms with van der Waals surface area (Å²) in [5.41, 5.74) is 4.07. The van der Waals surface area contributed by atoms with Gasteiger partial charge in [-0.3, -0.25) is 9.59 Å². The number of nitrogens with zero attached hydrogens (tertiary/aromatic N) is 1. The Morgan fingerprint density at radius 2 is 1.75 bits per heavy atom. The zero-order valence-corrected chi connectivity index (χ0v) is 19.8. The van der Waals surface area contributed by atoms with E-state index in [2.05, 4.69) is 5.16 Å². The Balaban J connectivity index is 1.27. The maximum atomic E-state index is 12.9. The van der Waals surface area contributed by atoms with E-state index in [0.717, 1.165) is 16.7 Å². The number of ketones is 1. The predicted molar refractivity (Wildman–Crippen MR) is 133 cm³/mol. The van der Waals surface area contributed by atoms with Crippen LogP contribution in [-0.2, 0) is 11.2 Å². The SMILES string of the molecule is COc1cc(CCC(=O)Oc2ccc3c(c2C)O/C(=C\c2ccc(-c4ccccc4)cc2)C3=O)on1. The van der Waals surface area contributed by atoms with Crippen LogP contribution in [0.2, 0.25) is 0 Å². The molecule has 0 saturated carbocycles. The molecule has 1 aromatic heterocycles. The molecule has 3 aromatic carbocycles. The number of aryl methyl sites for hydroxylation is 1. The van der Waals surface area contributed by atoms with Gasteiger partial charge in [-0.2, -0.15) is 0 Å². The highest BCUT2D eigenvalue weighted by Crippen LogP contribution is 2.39. The molecule has 36 heavy (non-hydrogen) atoms. The summed E-state index contributed by atoms with van der Waals surface area (Å²) in [5.74, 6) is 1.20. The van der Waals surface area contributed by atoms with Crippen LogP contribution >= 0.6 is 0 Å². The zero-order valence-electron chi connectivity index (χ0n) is 19.8. The van der Waals surface area contributed by atoms with E-state index in [9.17, 15) is 9.59 Å². The number of rotatable bonds is 7. The van der Waals surface area contributed by atoms with Crippen molar-refractivity contribution in [3.8, 4) is 28.5 Å². The Morgan fingerprint density at radius 3 is 2.47 bits per heavy atom. The highest BCUT2D eigenvalue weighted by Gasteiger charge is 2.30. The average molecular weight is 482 g/mol. The molecule has 1 aliphatic heterocycles. The highest BCUT2D eigenvalue weighted by molar-refractivity contribution is 6.15. The van der Waals surface area contributed by atoms with E-state index in [0.29, 0.717) is 40.7 Å². The number of Topliss-reactive ketones (excluding diaryl/α,β-unsaturated/α-hetero) is 1. The van der Waals surface area contributed by atoms with Crippen molar-refractivity contribution in [3.63, 3.8) is 0 Å². The lowest BCUT2D eigenvalue weighted by molar-refractivity contribution is -0.134. The van der Waals surface area contributed by atoms with Crippen molar-refractivity contribution in [1.29, 1.82) is 0 Å². The third-order valence-electron chi connectivity index (χ3n) is 5.90. The Hall–Kier alpha value is -4.65. The number of hydrogen-bond donors (Lipinski definition) is 0. The van der Waals surface area contributed by atoms with Gasteiger partial charge in [-0.05, 0) is 47.0 Å². The van der Waals surface area contributed by atoms with Gasteiger partial charge in [0.2, 0.25) is 5.78 Å². The predicted octanol–water partition coefficient (Wildman–Crippen LogP) is 5.81. The number of hydrogen-bond acceptors (Lipinski definition) is 7. The van der Waals surface area contributed by atoms with Gasteiger partial charge < -0.3 is 18.7 Å². The molecular weight excluding hydrogens is 458 g/mol. The van der Waals surface area contributed by atoms with Gasteiger partial charge in [-0.15, -0.1) is 0 Å². The van der Waals surface area contributed by atoms with E-state index in [1.807, 2.05) is 54.6 Å². The Labute approximate surface area is 207 Å². The molecule has 0 aliphatic carbocycles. The van der Waals surface area contributed by atoms with Crippen molar-refractivity contribution in [1.82, 2.24) is 5.16 Å². The van der Waals surface area contributed by atoms with E-state index in [1.54, 1.807) is 31.2 Å². The fourth-order valence-corrected chi connectivity index (χ4v) is 3.94. The minimum atomic E-state index is -0.438. The summed E-state index contributed by atoms with van der Waals surface area (Å²) in [6, 6.07) is 22.8. The fourth-order valence-electron chi connectivity index (χ4n) is 3.94. The van der Waals surface area contributed by atoms with E-state index in [-0.39, 0.29) is 18.0 Å². The number of methoxy groups -OCH3 is 1. The van der Waals surface area contributed by atoms with Gasteiger partial charge in [0.05, 0.1) is 19.1 Å². The monoisotopic (exact) mass is 481 g/mol. The maximum absolute atomic E-state index is 12.9. The number of fused-ring (bicyclic) bond motifs is 1. The first kappa shape index (κ1) is 23.1. The number of ether oxygens (including phenoxy) is 3. The lowest BCUT2D eigenvalue weighted by Gasteiger charge is -2.09. The third-order valence-corrected chi connectivity index (χ3v) is 5.90. The minimum absolute atomic E-state index is 0.0960. The largest absolute Gasteiger partial charge is 0.479 e. The Kier molecular flexibility index (Phi) is 6.36. The van der Waals surface area contributed by atoms with E-state index in [1.165, 1.54) is 7.11 Å². The third kappa shape index (κ3) is 4.77. The molecule has 0 amide bonds. The van der Waals surface area contributed by atoms with Gasteiger partial charge in [0.25, 0.3) is 5.88 Å². The molecule has 7 nitrogen and oxygen atoms in total. The second kappa shape index (κ2) is 9.92. The number of carbonyl (C=O) groups excluding carboxylic acids is 2. The first-order chi connectivity index (χ1) is 17.5. The topological polar surface area (TPSA) is 87.9 Å². The molecule has 0 radical (unpaired) electrons. The normalized spacial score (nSPS) is 13.4. The van der Waals surface area contributed by atoms with Gasteiger partial charge in [0.15, 0.2) is 5.76 Å². The second-order valence-electron chi connectivity index (χ2n) is 8.30. The number of benzene rings is 3. The van der Waals surface area contributed by atoms with E-state index in [4.69, 9.17) is 18.7 Å². The van der Waals surface area contributed by atoms with Crippen LogP contribution in [0, 0.1) is 6.92 Å². The molecule has 0 N–H and O–H groups in total. The lowest BCUT2D eigenvalue weighted by atomic mass is 10.0. The molecular formula is C29H23NO6. The molecule has 0 unspecified atom stereocenters. The quantitative estimate of drug-likeness (QED) is 0.187.